The summed E-state index contributed by atoms with van der Waals surface area (Å²) in [4.78, 5) is 7.17. The van der Waals surface area contributed by atoms with Gasteiger partial charge >= 0.3 is 0 Å². The Balaban J connectivity index is 2.95. The van der Waals surface area contributed by atoms with Crippen LogP contribution in [0.3, 0.4) is 0 Å². The maximum atomic E-state index is 13.7. The fourth-order valence-electron chi connectivity index (χ4n) is 2.00. The smallest absolute Gasteiger partial charge is 0.238 e. The Hall–Kier alpha value is -1.06. The van der Waals surface area contributed by atoms with Crippen molar-refractivity contribution < 1.29 is 8.78 Å². The molecular weight excluding hydrogens is 222 g/mol. The Bertz CT molecular complexity index is 368. The highest BCUT2D eigenvalue weighted by atomic mass is 19.2. The minimum absolute atomic E-state index is 0.212. The molecule has 0 saturated heterocycles. The van der Waals surface area contributed by atoms with Crippen molar-refractivity contribution in [3.63, 3.8) is 0 Å². The van der Waals surface area contributed by atoms with Crippen LogP contribution in [0.25, 0.3) is 0 Å². The van der Waals surface area contributed by atoms with Gasteiger partial charge < -0.3 is 0 Å². The van der Waals surface area contributed by atoms with Crippen molar-refractivity contribution in [3.8, 4) is 0 Å². The number of halogens is 2. The SMILES string of the molecule is CCCCCC(C)(CC)c1ncnc(F)c1F. The molecule has 96 valence electrons. The van der Waals surface area contributed by atoms with Crippen LogP contribution in [-0.4, -0.2) is 9.97 Å². The lowest BCUT2D eigenvalue weighted by molar-refractivity contribution is 0.352. The van der Waals surface area contributed by atoms with Crippen molar-refractivity contribution in [1.29, 1.82) is 0 Å². The van der Waals surface area contributed by atoms with Crippen molar-refractivity contribution in [2.24, 2.45) is 0 Å². The normalized spacial score (nSPS) is 14.6. The predicted octanol–water partition coefficient (Wildman–Crippen LogP) is 4.00. The average molecular weight is 242 g/mol. The van der Waals surface area contributed by atoms with Crippen molar-refractivity contribution in [3.05, 3.63) is 23.8 Å². The highest BCUT2D eigenvalue weighted by molar-refractivity contribution is 5.16. The number of nitrogens with zero attached hydrogens (tertiary/aromatic N) is 2. The summed E-state index contributed by atoms with van der Waals surface area (Å²) < 4.78 is 26.8. The minimum Gasteiger partial charge on any atom is -0.238 e. The molecule has 0 aliphatic carbocycles. The third-order valence-corrected chi connectivity index (χ3v) is 3.43. The van der Waals surface area contributed by atoms with Gasteiger partial charge in [0.2, 0.25) is 0 Å². The number of rotatable bonds is 6. The number of unbranched alkanes of at least 4 members (excludes halogenated alkanes) is 2. The summed E-state index contributed by atoms with van der Waals surface area (Å²) in [6.07, 6.45) is 5.88. The van der Waals surface area contributed by atoms with Crippen LogP contribution in [0.4, 0.5) is 8.78 Å². The molecule has 0 bridgehead atoms. The summed E-state index contributed by atoms with van der Waals surface area (Å²) in [7, 11) is 0. The third kappa shape index (κ3) is 3.20. The van der Waals surface area contributed by atoms with E-state index in [9.17, 15) is 8.78 Å². The summed E-state index contributed by atoms with van der Waals surface area (Å²) in [6.45, 7) is 6.03. The second-order valence-corrected chi connectivity index (χ2v) is 4.70. The van der Waals surface area contributed by atoms with E-state index in [0.29, 0.717) is 0 Å². The molecule has 1 rings (SSSR count). The molecule has 1 atom stereocenters. The second kappa shape index (κ2) is 6.03. The van der Waals surface area contributed by atoms with Gasteiger partial charge in [-0.1, -0.05) is 40.0 Å². The van der Waals surface area contributed by atoms with Gasteiger partial charge in [0.1, 0.15) is 6.33 Å². The molecule has 0 amide bonds. The number of aromatic nitrogens is 2. The van der Waals surface area contributed by atoms with Crippen molar-refractivity contribution >= 4 is 0 Å². The Labute approximate surface area is 101 Å². The van der Waals surface area contributed by atoms with Gasteiger partial charge in [0.25, 0.3) is 5.95 Å². The molecule has 0 aliphatic rings. The van der Waals surface area contributed by atoms with Crippen LogP contribution in [0.5, 0.6) is 0 Å². The van der Waals surface area contributed by atoms with E-state index in [1.165, 1.54) is 0 Å². The highest BCUT2D eigenvalue weighted by Gasteiger charge is 2.30. The van der Waals surface area contributed by atoms with Gasteiger partial charge in [-0.05, 0) is 12.8 Å². The van der Waals surface area contributed by atoms with E-state index in [1.54, 1.807) is 0 Å². The van der Waals surface area contributed by atoms with Crippen LogP contribution < -0.4 is 0 Å². The molecule has 1 heterocycles. The van der Waals surface area contributed by atoms with E-state index in [4.69, 9.17) is 0 Å². The average Bonchev–Trinajstić information content (AvgIpc) is 2.33. The predicted molar refractivity (Wildman–Crippen MR) is 63.7 cm³/mol. The summed E-state index contributed by atoms with van der Waals surface area (Å²) >= 11 is 0. The van der Waals surface area contributed by atoms with E-state index >= 15 is 0 Å². The zero-order chi connectivity index (χ0) is 12.9. The first kappa shape index (κ1) is 14.0. The molecule has 1 aromatic rings. The van der Waals surface area contributed by atoms with Crippen LogP contribution in [0.15, 0.2) is 6.33 Å². The van der Waals surface area contributed by atoms with Crippen LogP contribution >= 0.6 is 0 Å². The van der Waals surface area contributed by atoms with Crippen molar-refractivity contribution in [1.82, 2.24) is 9.97 Å². The van der Waals surface area contributed by atoms with Crippen molar-refractivity contribution in [2.75, 3.05) is 0 Å². The largest absolute Gasteiger partial charge is 0.252 e. The molecule has 1 unspecified atom stereocenters. The maximum Gasteiger partial charge on any atom is 0.252 e. The van der Waals surface area contributed by atoms with E-state index < -0.39 is 17.2 Å². The zero-order valence-electron chi connectivity index (χ0n) is 10.8. The van der Waals surface area contributed by atoms with Gasteiger partial charge in [0, 0.05) is 5.41 Å². The van der Waals surface area contributed by atoms with Crippen LogP contribution in [-0.2, 0) is 5.41 Å². The molecule has 0 spiro atoms. The molecule has 0 radical (unpaired) electrons. The molecule has 1 aromatic heterocycles. The Morgan fingerprint density at radius 2 is 1.88 bits per heavy atom. The summed E-state index contributed by atoms with van der Waals surface area (Å²) in [6, 6.07) is 0. The minimum atomic E-state index is -1.05. The monoisotopic (exact) mass is 242 g/mol. The van der Waals surface area contributed by atoms with Gasteiger partial charge in [0.15, 0.2) is 5.82 Å². The standard InChI is InChI=1S/C13H20F2N2/c1-4-6-7-8-13(3,5-2)11-10(14)12(15)17-9-16-11/h9H,4-8H2,1-3H3. The Morgan fingerprint density at radius 1 is 1.18 bits per heavy atom. The topological polar surface area (TPSA) is 25.8 Å². The number of hydrogen-bond acceptors (Lipinski definition) is 2. The molecule has 0 saturated carbocycles. The maximum absolute atomic E-state index is 13.7. The van der Waals surface area contributed by atoms with Gasteiger partial charge in [-0.25, -0.2) is 9.97 Å². The quantitative estimate of drug-likeness (QED) is 0.556. The van der Waals surface area contributed by atoms with E-state index in [2.05, 4.69) is 16.9 Å². The summed E-state index contributed by atoms with van der Waals surface area (Å²) in [5.74, 6) is -1.95. The van der Waals surface area contributed by atoms with Gasteiger partial charge in [0.05, 0.1) is 5.69 Å². The lowest BCUT2D eigenvalue weighted by Crippen LogP contribution is -2.25. The molecule has 2 nitrogen and oxygen atoms in total. The highest BCUT2D eigenvalue weighted by Crippen LogP contribution is 2.33. The zero-order valence-corrected chi connectivity index (χ0v) is 10.8. The first-order chi connectivity index (χ1) is 8.05. The third-order valence-electron chi connectivity index (χ3n) is 3.43. The molecule has 0 aromatic carbocycles. The molecule has 4 heteroatoms. The number of hydrogen-bond donors (Lipinski definition) is 0. The first-order valence-corrected chi connectivity index (χ1v) is 6.21. The summed E-state index contributed by atoms with van der Waals surface area (Å²) in [5, 5.41) is 0. The van der Waals surface area contributed by atoms with Gasteiger partial charge in [-0.15, -0.1) is 0 Å². The van der Waals surface area contributed by atoms with E-state index in [-0.39, 0.29) is 5.69 Å². The first-order valence-electron chi connectivity index (χ1n) is 6.21. The molecule has 0 fully saturated rings. The molecular formula is C13H20F2N2. The van der Waals surface area contributed by atoms with E-state index in [0.717, 1.165) is 38.4 Å². The molecule has 0 aliphatic heterocycles. The van der Waals surface area contributed by atoms with Crippen LogP contribution in [0.2, 0.25) is 0 Å². The summed E-state index contributed by atoms with van der Waals surface area (Å²) in [5.41, 5.74) is -0.188. The van der Waals surface area contributed by atoms with Crippen LogP contribution in [0, 0.1) is 11.8 Å². The Morgan fingerprint density at radius 3 is 2.47 bits per heavy atom. The lowest BCUT2D eigenvalue weighted by atomic mass is 9.78. The lowest BCUT2D eigenvalue weighted by Gasteiger charge is -2.27. The molecule has 17 heavy (non-hydrogen) atoms. The fraction of sp³-hybridized carbons (Fsp3) is 0.692. The van der Waals surface area contributed by atoms with Crippen molar-refractivity contribution in [2.45, 2.75) is 58.3 Å². The molecule has 0 N–H and O–H groups in total. The Kier molecular flexibility index (Phi) is 4.97. The van der Waals surface area contributed by atoms with Gasteiger partial charge in [-0.2, -0.15) is 8.78 Å². The van der Waals surface area contributed by atoms with Gasteiger partial charge in [-0.3, -0.25) is 0 Å². The van der Waals surface area contributed by atoms with Crippen LogP contribution in [0.1, 0.15) is 58.6 Å². The second-order valence-electron chi connectivity index (χ2n) is 4.70. The van der Waals surface area contributed by atoms with E-state index in [1.807, 2.05) is 13.8 Å². The fourth-order valence-corrected chi connectivity index (χ4v) is 2.00.